The molecule has 7 heteroatoms. The Morgan fingerprint density at radius 3 is 2.67 bits per heavy atom. The molecule has 1 aromatic rings. The van der Waals surface area contributed by atoms with Crippen LogP contribution in [0.4, 0.5) is 0 Å². The Labute approximate surface area is 130 Å². The van der Waals surface area contributed by atoms with Gasteiger partial charge in [0.2, 0.25) is 11.8 Å². The lowest BCUT2D eigenvalue weighted by molar-refractivity contribution is -0.145. The number of imide groups is 1. The molecule has 21 heavy (non-hydrogen) atoms. The van der Waals surface area contributed by atoms with E-state index >= 15 is 0 Å². The highest BCUT2D eigenvalue weighted by Gasteiger charge is 2.40. The lowest BCUT2D eigenvalue weighted by Crippen LogP contribution is -2.63. The highest BCUT2D eigenvalue weighted by atomic mass is 79.9. The molecule has 0 atom stereocenters. The van der Waals surface area contributed by atoms with E-state index in [1.165, 1.54) is 12.1 Å². The molecule has 1 saturated heterocycles. The van der Waals surface area contributed by atoms with Gasteiger partial charge in [0.1, 0.15) is 0 Å². The molecule has 0 aliphatic carbocycles. The van der Waals surface area contributed by atoms with Crippen molar-refractivity contribution in [1.29, 1.82) is 0 Å². The Morgan fingerprint density at radius 2 is 2.10 bits per heavy atom. The van der Waals surface area contributed by atoms with Gasteiger partial charge in [0.15, 0.2) is 0 Å². The molecule has 112 valence electrons. The van der Waals surface area contributed by atoms with Gasteiger partial charge in [-0.05, 0) is 31.5 Å². The summed E-state index contributed by atoms with van der Waals surface area (Å²) in [6, 6.07) is 4.69. The molecule has 2 amide bonds. The van der Waals surface area contributed by atoms with Crippen molar-refractivity contribution in [3.8, 4) is 0 Å². The monoisotopic (exact) mass is 354 g/mol. The van der Waals surface area contributed by atoms with Gasteiger partial charge in [0.05, 0.1) is 17.6 Å². The van der Waals surface area contributed by atoms with E-state index in [-0.39, 0.29) is 23.9 Å². The molecular formula is C14H15BrN2O4. The first-order valence-electron chi connectivity index (χ1n) is 6.33. The summed E-state index contributed by atoms with van der Waals surface area (Å²) in [5, 5.41) is 11.3. The smallest absolute Gasteiger partial charge is 0.335 e. The zero-order valence-corrected chi connectivity index (χ0v) is 13.2. The summed E-state index contributed by atoms with van der Waals surface area (Å²) in [7, 11) is 0. The molecule has 0 spiro atoms. The third kappa shape index (κ3) is 3.14. The Morgan fingerprint density at radius 1 is 1.43 bits per heavy atom. The number of hydrogen-bond donors (Lipinski definition) is 2. The van der Waals surface area contributed by atoms with Crippen LogP contribution in [0.15, 0.2) is 22.7 Å². The molecule has 0 unspecified atom stereocenters. The summed E-state index contributed by atoms with van der Waals surface area (Å²) in [6.07, 6.45) is 0. The van der Waals surface area contributed by atoms with E-state index in [0.29, 0.717) is 11.0 Å². The van der Waals surface area contributed by atoms with Crippen LogP contribution in [0.25, 0.3) is 0 Å². The molecule has 1 aliphatic rings. The average Bonchev–Trinajstić information content (AvgIpc) is 2.38. The van der Waals surface area contributed by atoms with Crippen LogP contribution in [0.2, 0.25) is 0 Å². The SMILES string of the molecule is CC1(C)C(=O)NC(=O)CN1Cc1ccc(C(=O)O)cc1Br. The first kappa shape index (κ1) is 15.7. The number of carbonyl (C=O) groups is 3. The minimum atomic E-state index is -1.00. The summed E-state index contributed by atoms with van der Waals surface area (Å²) >= 11 is 3.33. The molecule has 1 aromatic carbocycles. The maximum atomic E-state index is 11.9. The van der Waals surface area contributed by atoms with Crippen LogP contribution in [0, 0.1) is 0 Å². The second-order valence-corrected chi connectivity index (χ2v) is 6.26. The van der Waals surface area contributed by atoms with E-state index in [1.54, 1.807) is 24.8 Å². The van der Waals surface area contributed by atoms with Gasteiger partial charge in [-0.15, -0.1) is 0 Å². The van der Waals surface area contributed by atoms with Crippen molar-refractivity contribution >= 4 is 33.7 Å². The highest BCUT2D eigenvalue weighted by Crippen LogP contribution is 2.25. The van der Waals surface area contributed by atoms with Gasteiger partial charge in [-0.3, -0.25) is 19.8 Å². The van der Waals surface area contributed by atoms with Crippen molar-refractivity contribution in [3.05, 3.63) is 33.8 Å². The van der Waals surface area contributed by atoms with E-state index in [2.05, 4.69) is 21.2 Å². The van der Waals surface area contributed by atoms with E-state index < -0.39 is 11.5 Å². The summed E-state index contributed by atoms with van der Waals surface area (Å²) in [4.78, 5) is 36.1. The van der Waals surface area contributed by atoms with Crippen LogP contribution in [0.5, 0.6) is 0 Å². The molecule has 1 heterocycles. The Balaban J connectivity index is 2.26. The number of nitrogens with zero attached hydrogens (tertiary/aromatic N) is 1. The van der Waals surface area contributed by atoms with Crippen molar-refractivity contribution in [1.82, 2.24) is 10.2 Å². The first-order valence-corrected chi connectivity index (χ1v) is 7.12. The van der Waals surface area contributed by atoms with Gasteiger partial charge in [-0.25, -0.2) is 4.79 Å². The lowest BCUT2D eigenvalue weighted by Gasteiger charge is -2.40. The van der Waals surface area contributed by atoms with Gasteiger partial charge in [0.25, 0.3) is 0 Å². The minimum absolute atomic E-state index is 0.117. The van der Waals surface area contributed by atoms with Crippen LogP contribution in [0.3, 0.4) is 0 Å². The number of carboxylic acid groups (broad SMARTS) is 1. The predicted molar refractivity (Wildman–Crippen MR) is 78.7 cm³/mol. The zero-order valence-electron chi connectivity index (χ0n) is 11.6. The Bertz CT molecular complexity index is 627. The van der Waals surface area contributed by atoms with Crippen LogP contribution >= 0.6 is 15.9 Å². The second kappa shape index (κ2) is 5.57. The minimum Gasteiger partial charge on any atom is -0.478 e. The summed E-state index contributed by atoms with van der Waals surface area (Å²) in [5.41, 5.74) is 0.187. The number of benzene rings is 1. The predicted octanol–water partition coefficient (Wildman–Crippen LogP) is 1.38. The van der Waals surface area contributed by atoms with Crippen LogP contribution < -0.4 is 5.32 Å². The third-order valence-corrected chi connectivity index (χ3v) is 4.33. The van der Waals surface area contributed by atoms with Crippen molar-refractivity contribution in [2.75, 3.05) is 6.54 Å². The van der Waals surface area contributed by atoms with Gasteiger partial charge in [-0.2, -0.15) is 0 Å². The highest BCUT2D eigenvalue weighted by molar-refractivity contribution is 9.10. The molecule has 0 saturated carbocycles. The number of amides is 2. The molecule has 1 fully saturated rings. The fraction of sp³-hybridized carbons (Fsp3) is 0.357. The topological polar surface area (TPSA) is 86.7 Å². The zero-order chi connectivity index (χ0) is 15.8. The van der Waals surface area contributed by atoms with E-state index in [0.717, 1.165) is 5.56 Å². The van der Waals surface area contributed by atoms with Gasteiger partial charge >= 0.3 is 5.97 Å². The van der Waals surface area contributed by atoms with Crippen molar-refractivity contribution in [2.45, 2.75) is 25.9 Å². The molecular weight excluding hydrogens is 340 g/mol. The van der Waals surface area contributed by atoms with Gasteiger partial charge in [0, 0.05) is 11.0 Å². The fourth-order valence-electron chi connectivity index (χ4n) is 2.10. The lowest BCUT2D eigenvalue weighted by atomic mass is 9.97. The molecule has 1 aliphatic heterocycles. The number of piperazine rings is 1. The van der Waals surface area contributed by atoms with Crippen molar-refractivity contribution in [2.24, 2.45) is 0 Å². The van der Waals surface area contributed by atoms with Gasteiger partial charge in [-0.1, -0.05) is 22.0 Å². The number of nitrogens with one attached hydrogen (secondary N) is 1. The maximum absolute atomic E-state index is 11.9. The Hall–Kier alpha value is -1.73. The molecule has 0 radical (unpaired) electrons. The molecule has 2 rings (SSSR count). The second-order valence-electron chi connectivity index (χ2n) is 5.40. The maximum Gasteiger partial charge on any atom is 0.335 e. The van der Waals surface area contributed by atoms with Crippen LogP contribution in [-0.2, 0) is 16.1 Å². The number of aromatic carboxylic acids is 1. The van der Waals surface area contributed by atoms with E-state index in [9.17, 15) is 14.4 Å². The molecule has 6 nitrogen and oxygen atoms in total. The van der Waals surface area contributed by atoms with Crippen LogP contribution in [-0.4, -0.2) is 39.9 Å². The van der Waals surface area contributed by atoms with Crippen molar-refractivity contribution < 1.29 is 19.5 Å². The third-order valence-electron chi connectivity index (χ3n) is 3.59. The quantitative estimate of drug-likeness (QED) is 0.801. The van der Waals surface area contributed by atoms with E-state index in [1.807, 2.05) is 0 Å². The summed E-state index contributed by atoms with van der Waals surface area (Å²) < 4.78 is 0.636. The number of hydrogen-bond acceptors (Lipinski definition) is 4. The molecule has 2 N–H and O–H groups in total. The number of rotatable bonds is 3. The average molecular weight is 355 g/mol. The normalized spacial score (nSPS) is 18.4. The number of carbonyl (C=O) groups excluding carboxylic acids is 2. The number of carboxylic acids is 1. The standard InChI is InChI=1S/C14H15BrN2O4/c1-14(2)13(21)16-11(18)7-17(14)6-9-4-3-8(12(19)20)5-10(9)15/h3-5H,6-7H2,1-2H3,(H,19,20)(H,16,18,21). The fourth-order valence-corrected chi connectivity index (χ4v) is 2.61. The summed E-state index contributed by atoms with van der Waals surface area (Å²) in [5.74, 6) is -1.68. The molecule has 0 bridgehead atoms. The number of halogens is 1. The summed E-state index contributed by atoms with van der Waals surface area (Å²) in [6.45, 7) is 3.97. The van der Waals surface area contributed by atoms with Crippen LogP contribution in [0.1, 0.15) is 29.8 Å². The van der Waals surface area contributed by atoms with Crippen molar-refractivity contribution in [3.63, 3.8) is 0 Å². The van der Waals surface area contributed by atoms with E-state index in [4.69, 9.17) is 5.11 Å². The Kier molecular flexibility index (Phi) is 4.15. The van der Waals surface area contributed by atoms with Gasteiger partial charge < -0.3 is 5.11 Å². The largest absolute Gasteiger partial charge is 0.478 e. The first-order chi connectivity index (χ1) is 9.71. The molecule has 0 aromatic heterocycles.